The fraction of sp³-hybridized carbons (Fsp3) is 0.961. The Morgan fingerprint density at radius 1 is 0.439 bits per heavy atom. The van der Waals surface area contributed by atoms with E-state index in [1.54, 1.807) is 0 Å². The quantitative estimate of drug-likeness (QED) is 0.0420. The standard InChI is InChI=1S/C51H101NO5/c1-4-7-10-13-16-19-22-24-25-27-29-31-34-37-40-43-49(54)48(46-53)52-50(55)45-47(42-39-36-33-30-28-26-23-20-17-14-11-8-5-2)57-51(56)44-41-38-35-32-21-18-15-12-9-6-3/h47-49,53-54H,4-46H2,1-3H3,(H,52,55). The molecule has 3 N–H and O–H groups in total. The first-order chi connectivity index (χ1) is 28.0. The average molecular weight is 808 g/mol. The third-order valence-corrected chi connectivity index (χ3v) is 12.2. The van der Waals surface area contributed by atoms with E-state index in [0.29, 0.717) is 19.3 Å². The molecule has 3 atom stereocenters. The third kappa shape index (κ3) is 41.4. The number of hydrogen-bond acceptors (Lipinski definition) is 5. The first-order valence-corrected chi connectivity index (χ1v) is 25.8. The number of nitrogens with one attached hydrogen (secondary N) is 1. The number of rotatable bonds is 47. The topological polar surface area (TPSA) is 95.9 Å². The molecule has 57 heavy (non-hydrogen) atoms. The van der Waals surface area contributed by atoms with Crippen LogP contribution in [-0.4, -0.2) is 46.9 Å². The summed E-state index contributed by atoms with van der Waals surface area (Å²) in [5.74, 6) is -0.454. The molecule has 3 unspecified atom stereocenters. The van der Waals surface area contributed by atoms with Crippen molar-refractivity contribution in [3.05, 3.63) is 0 Å². The number of esters is 1. The minimum absolute atomic E-state index is 0.0875. The molecule has 0 aromatic rings. The summed E-state index contributed by atoms with van der Waals surface area (Å²) in [6.07, 6.45) is 48.7. The Morgan fingerprint density at radius 3 is 1.07 bits per heavy atom. The highest BCUT2D eigenvalue weighted by Gasteiger charge is 2.24. The van der Waals surface area contributed by atoms with E-state index < -0.39 is 18.2 Å². The van der Waals surface area contributed by atoms with Crippen LogP contribution in [0.4, 0.5) is 0 Å². The van der Waals surface area contributed by atoms with Gasteiger partial charge in [0.25, 0.3) is 0 Å². The SMILES string of the molecule is CCCCCCCCCCCCCCCCCC(O)C(CO)NC(=O)CC(CCCCCCCCCCCCCCC)OC(=O)CCCCCCCCCCCC. The molecule has 6 nitrogen and oxygen atoms in total. The Balaban J connectivity index is 4.47. The number of aliphatic hydroxyl groups excluding tert-OH is 2. The molecule has 0 aliphatic carbocycles. The van der Waals surface area contributed by atoms with Gasteiger partial charge in [0.2, 0.25) is 5.91 Å². The monoisotopic (exact) mass is 808 g/mol. The lowest BCUT2D eigenvalue weighted by Gasteiger charge is -2.24. The second kappa shape index (κ2) is 45.9. The van der Waals surface area contributed by atoms with Crippen LogP contribution in [0.25, 0.3) is 0 Å². The largest absolute Gasteiger partial charge is 0.462 e. The minimum atomic E-state index is -0.778. The summed E-state index contributed by atoms with van der Waals surface area (Å²) < 4.78 is 5.92. The summed E-state index contributed by atoms with van der Waals surface area (Å²) >= 11 is 0. The zero-order chi connectivity index (χ0) is 41.7. The fourth-order valence-corrected chi connectivity index (χ4v) is 8.26. The van der Waals surface area contributed by atoms with Gasteiger partial charge in [-0.05, 0) is 25.7 Å². The van der Waals surface area contributed by atoms with E-state index in [9.17, 15) is 19.8 Å². The predicted octanol–water partition coefficient (Wildman–Crippen LogP) is 15.2. The molecular formula is C51H101NO5. The van der Waals surface area contributed by atoms with Crippen molar-refractivity contribution in [1.29, 1.82) is 0 Å². The molecule has 340 valence electrons. The van der Waals surface area contributed by atoms with Crippen LogP contribution in [-0.2, 0) is 14.3 Å². The Kier molecular flexibility index (Phi) is 45.0. The Bertz CT molecular complexity index is 821. The Labute approximate surface area is 356 Å². The molecular weight excluding hydrogens is 707 g/mol. The van der Waals surface area contributed by atoms with E-state index in [-0.39, 0.29) is 24.9 Å². The molecule has 0 saturated carbocycles. The zero-order valence-electron chi connectivity index (χ0n) is 38.8. The van der Waals surface area contributed by atoms with E-state index >= 15 is 0 Å². The van der Waals surface area contributed by atoms with E-state index in [2.05, 4.69) is 26.1 Å². The zero-order valence-corrected chi connectivity index (χ0v) is 38.8. The summed E-state index contributed by atoms with van der Waals surface area (Å²) in [6.45, 7) is 6.50. The molecule has 0 aromatic carbocycles. The molecule has 0 saturated heterocycles. The number of carbonyl (C=O) groups excluding carboxylic acids is 2. The van der Waals surface area contributed by atoms with Gasteiger partial charge in [0.05, 0.1) is 25.2 Å². The molecule has 0 bridgehead atoms. The van der Waals surface area contributed by atoms with Gasteiger partial charge in [0.1, 0.15) is 6.10 Å². The van der Waals surface area contributed by atoms with Crippen molar-refractivity contribution in [1.82, 2.24) is 5.32 Å². The number of aliphatic hydroxyl groups is 2. The lowest BCUT2D eigenvalue weighted by atomic mass is 10.0. The predicted molar refractivity (Wildman–Crippen MR) is 246 cm³/mol. The van der Waals surface area contributed by atoms with Gasteiger partial charge in [-0.2, -0.15) is 0 Å². The molecule has 1 amide bonds. The van der Waals surface area contributed by atoms with Crippen molar-refractivity contribution in [2.24, 2.45) is 0 Å². The Morgan fingerprint density at radius 2 is 0.737 bits per heavy atom. The van der Waals surface area contributed by atoms with Crippen molar-refractivity contribution in [3.8, 4) is 0 Å². The van der Waals surface area contributed by atoms with Gasteiger partial charge >= 0.3 is 5.97 Å². The van der Waals surface area contributed by atoms with Gasteiger partial charge < -0.3 is 20.3 Å². The highest BCUT2D eigenvalue weighted by Crippen LogP contribution is 2.19. The minimum Gasteiger partial charge on any atom is -0.462 e. The number of unbranched alkanes of at least 4 members (excludes halogenated alkanes) is 35. The first-order valence-electron chi connectivity index (χ1n) is 25.8. The normalized spacial score (nSPS) is 13.1. The summed E-state index contributed by atoms with van der Waals surface area (Å²) in [4.78, 5) is 26.1. The lowest BCUT2D eigenvalue weighted by Crippen LogP contribution is -2.46. The van der Waals surface area contributed by atoms with Crippen LogP contribution in [0.2, 0.25) is 0 Å². The maximum absolute atomic E-state index is 13.2. The van der Waals surface area contributed by atoms with E-state index in [1.807, 2.05) is 0 Å². The molecule has 0 aliphatic heterocycles. The average Bonchev–Trinajstić information content (AvgIpc) is 3.20. The lowest BCUT2D eigenvalue weighted by molar-refractivity contribution is -0.151. The molecule has 0 aromatic heterocycles. The van der Waals surface area contributed by atoms with Crippen molar-refractivity contribution >= 4 is 11.9 Å². The van der Waals surface area contributed by atoms with Gasteiger partial charge in [0, 0.05) is 6.42 Å². The number of carbonyl (C=O) groups is 2. The smallest absolute Gasteiger partial charge is 0.306 e. The van der Waals surface area contributed by atoms with Gasteiger partial charge in [-0.1, -0.05) is 252 Å². The van der Waals surface area contributed by atoms with Gasteiger partial charge in [-0.3, -0.25) is 9.59 Å². The van der Waals surface area contributed by atoms with Gasteiger partial charge in [-0.15, -0.1) is 0 Å². The van der Waals surface area contributed by atoms with Gasteiger partial charge in [-0.25, -0.2) is 0 Å². The van der Waals surface area contributed by atoms with Crippen LogP contribution in [0.3, 0.4) is 0 Å². The summed E-state index contributed by atoms with van der Waals surface area (Å²) in [7, 11) is 0. The second-order valence-corrected chi connectivity index (χ2v) is 17.9. The third-order valence-electron chi connectivity index (χ3n) is 12.2. The fourth-order valence-electron chi connectivity index (χ4n) is 8.26. The van der Waals surface area contributed by atoms with E-state index in [4.69, 9.17) is 4.74 Å². The van der Waals surface area contributed by atoms with Crippen LogP contribution >= 0.6 is 0 Å². The highest BCUT2D eigenvalue weighted by atomic mass is 16.5. The molecule has 0 spiro atoms. The summed E-state index contributed by atoms with van der Waals surface area (Å²) in [5, 5.41) is 23.8. The van der Waals surface area contributed by atoms with E-state index in [1.165, 1.54) is 199 Å². The molecule has 0 aliphatic rings. The number of ether oxygens (including phenoxy) is 1. The summed E-state index contributed by atoms with van der Waals surface area (Å²) in [6, 6.07) is -0.691. The molecule has 0 rings (SSSR count). The van der Waals surface area contributed by atoms with Crippen LogP contribution in [0.15, 0.2) is 0 Å². The van der Waals surface area contributed by atoms with Crippen molar-refractivity contribution in [2.45, 2.75) is 309 Å². The van der Waals surface area contributed by atoms with Crippen LogP contribution in [0, 0.1) is 0 Å². The molecule has 6 heteroatoms. The van der Waals surface area contributed by atoms with Crippen LogP contribution in [0.5, 0.6) is 0 Å². The van der Waals surface area contributed by atoms with Crippen LogP contribution < -0.4 is 5.32 Å². The van der Waals surface area contributed by atoms with E-state index in [0.717, 1.165) is 44.9 Å². The molecule has 0 fully saturated rings. The van der Waals surface area contributed by atoms with Gasteiger partial charge in [0.15, 0.2) is 0 Å². The highest BCUT2D eigenvalue weighted by molar-refractivity contribution is 5.77. The van der Waals surface area contributed by atoms with Crippen molar-refractivity contribution in [2.75, 3.05) is 6.61 Å². The maximum atomic E-state index is 13.2. The van der Waals surface area contributed by atoms with Crippen molar-refractivity contribution < 1.29 is 24.5 Å². The maximum Gasteiger partial charge on any atom is 0.306 e. The first kappa shape index (κ1) is 55.9. The molecule has 0 heterocycles. The summed E-state index contributed by atoms with van der Waals surface area (Å²) in [5.41, 5.74) is 0. The van der Waals surface area contributed by atoms with Crippen LogP contribution in [0.1, 0.15) is 290 Å². The van der Waals surface area contributed by atoms with Crippen molar-refractivity contribution in [3.63, 3.8) is 0 Å². The Hall–Kier alpha value is -1.14. The number of hydrogen-bond donors (Lipinski definition) is 3. The molecule has 0 radical (unpaired) electrons. The number of amides is 1. The second-order valence-electron chi connectivity index (χ2n) is 17.9.